The Balaban J connectivity index is 2.30. The molecule has 1 N–H and O–H groups in total. The summed E-state index contributed by atoms with van der Waals surface area (Å²) in [6.45, 7) is 4.94. The fraction of sp³-hybridized carbons (Fsp3) is 0.727. The third-order valence-electron chi connectivity index (χ3n) is 2.65. The minimum atomic E-state index is -0.351. The van der Waals surface area contributed by atoms with Crippen molar-refractivity contribution in [3.63, 3.8) is 0 Å². The van der Waals surface area contributed by atoms with Crippen LogP contribution in [0.15, 0.2) is 10.7 Å². The van der Waals surface area contributed by atoms with E-state index in [0.717, 1.165) is 35.9 Å². The van der Waals surface area contributed by atoms with Crippen molar-refractivity contribution in [1.29, 1.82) is 5.26 Å². The van der Waals surface area contributed by atoms with Gasteiger partial charge in [-0.1, -0.05) is 25.6 Å². The lowest BCUT2D eigenvalue weighted by Gasteiger charge is -2.25. The van der Waals surface area contributed by atoms with Crippen LogP contribution in [-0.4, -0.2) is 27.2 Å². The molecule has 1 unspecified atom stereocenters. The Labute approximate surface area is 111 Å². The second kappa shape index (κ2) is 7.64. The maximum Gasteiger partial charge on any atom is 0.169 e. The molecule has 1 aromatic heterocycles. The van der Waals surface area contributed by atoms with Gasteiger partial charge in [0, 0.05) is 5.75 Å². The minimum absolute atomic E-state index is 0.351. The summed E-state index contributed by atoms with van der Waals surface area (Å²) in [5, 5.41) is 12.5. The quantitative estimate of drug-likeness (QED) is 0.581. The first-order valence-corrected chi connectivity index (χ1v) is 7.58. The first-order chi connectivity index (χ1) is 8.26. The fourth-order valence-corrected chi connectivity index (χ4v) is 3.12. The van der Waals surface area contributed by atoms with Gasteiger partial charge in [0.05, 0.1) is 6.07 Å². The van der Waals surface area contributed by atoms with Gasteiger partial charge < -0.3 is 0 Å². The van der Waals surface area contributed by atoms with Gasteiger partial charge in [0.2, 0.25) is 0 Å². The first kappa shape index (κ1) is 14.4. The monoisotopic (exact) mass is 270 g/mol. The molecule has 0 amide bonds. The molecule has 0 bridgehead atoms. The summed E-state index contributed by atoms with van der Waals surface area (Å²) in [5.74, 6) is 0.990. The Morgan fingerprint density at radius 1 is 1.59 bits per heavy atom. The molecule has 0 aromatic carbocycles. The van der Waals surface area contributed by atoms with Crippen LogP contribution in [0.3, 0.4) is 0 Å². The highest BCUT2D eigenvalue weighted by molar-refractivity contribution is 8.00. The Bertz CT molecular complexity index is 347. The highest BCUT2D eigenvalue weighted by atomic mass is 32.2. The Hall–Kier alpha value is -0.640. The lowest BCUT2D eigenvalue weighted by atomic mass is 9.92. The number of thioether (sulfide) groups is 1. The van der Waals surface area contributed by atoms with Gasteiger partial charge in [0.15, 0.2) is 4.34 Å². The third-order valence-corrected chi connectivity index (χ3v) is 4.53. The van der Waals surface area contributed by atoms with Gasteiger partial charge in [-0.05, 0) is 37.3 Å². The molecule has 0 fully saturated rings. The molecule has 94 valence electrons. The van der Waals surface area contributed by atoms with Gasteiger partial charge >= 0.3 is 0 Å². The molecule has 6 heteroatoms. The highest BCUT2D eigenvalue weighted by Gasteiger charge is 2.25. The summed E-state index contributed by atoms with van der Waals surface area (Å²) < 4.78 is 4.96. The third kappa shape index (κ3) is 4.62. The maximum absolute atomic E-state index is 9.25. The van der Waals surface area contributed by atoms with E-state index in [1.807, 2.05) is 6.92 Å². The van der Waals surface area contributed by atoms with Crippen molar-refractivity contribution in [1.82, 2.24) is 14.7 Å². The molecule has 4 nitrogen and oxygen atoms in total. The van der Waals surface area contributed by atoms with E-state index in [1.165, 1.54) is 11.5 Å². The lowest BCUT2D eigenvalue weighted by Crippen LogP contribution is -2.43. The number of rotatable bonds is 8. The minimum Gasteiger partial charge on any atom is -0.300 e. The second-order valence-corrected chi connectivity index (χ2v) is 5.86. The number of nitrogens with one attached hydrogen (secondary N) is 1. The Morgan fingerprint density at radius 2 is 2.41 bits per heavy atom. The molecule has 1 atom stereocenters. The van der Waals surface area contributed by atoms with Gasteiger partial charge in [-0.3, -0.25) is 5.32 Å². The smallest absolute Gasteiger partial charge is 0.169 e. The SMILES string of the molecule is CCNC(C#N)(CC)CCCSc1ncns1. The van der Waals surface area contributed by atoms with Crippen LogP contribution in [0.2, 0.25) is 0 Å². The second-order valence-electron chi connectivity index (χ2n) is 3.74. The van der Waals surface area contributed by atoms with Crippen molar-refractivity contribution in [3.05, 3.63) is 6.33 Å². The standard InChI is InChI=1S/C11H18N4S2/c1-3-11(8-12,14-4-2)6-5-7-16-10-13-9-15-17-10/h9,14H,3-7H2,1-2H3. The molecule has 0 spiro atoms. The van der Waals surface area contributed by atoms with Gasteiger partial charge in [0.25, 0.3) is 0 Å². The molecule has 0 aliphatic heterocycles. The zero-order valence-corrected chi connectivity index (χ0v) is 11.9. The first-order valence-electron chi connectivity index (χ1n) is 5.82. The summed E-state index contributed by atoms with van der Waals surface area (Å²) in [7, 11) is 0. The number of nitrogens with zero attached hydrogens (tertiary/aromatic N) is 3. The van der Waals surface area contributed by atoms with Gasteiger partial charge in [-0.15, -0.1) is 0 Å². The van der Waals surface area contributed by atoms with Crippen LogP contribution in [0, 0.1) is 11.3 Å². The molecule has 0 saturated heterocycles. The van der Waals surface area contributed by atoms with Crippen LogP contribution in [0.25, 0.3) is 0 Å². The van der Waals surface area contributed by atoms with Crippen molar-refractivity contribution in [2.24, 2.45) is 0 Å². The van der Waals surface area contributed by atoms with Crippen molar-refractivity contribution in [2.45, 2.75) is 43.0 Å². The number of nitriles is 1. The van der Waals surface area contributed by atoms with E-state index < -0.39 is 0 Å². The van der Waals surface area contributed by atoms with Gasteiger partial charge in [-0.2, -0.15) is 9.64 Å². The summed E-state index contributed by atoms with van der Waals surface area (Å²) in [4.78, 5) is 4.12. The number of aromatic nitrogens is 2. The predicted octanol–water partition coefficient (Wildman–Crippen LogP) is 2.69. The summed E-state index contributed by atoms with van der Waals surface area (Å²) in [6, 6.07) is 2.41. The van der Waals surface area contributed by atoms with E-state index in [2.05, 4.69) is 27.7 Å². The molecule has 0 aliphatic carbocycles. The van der Waals surface area contributed by atoms with Gasteiger partial charge in [-0.25, -0.2) is 4.98 Å². The number of hydrogen-bond acceptors (Lipinski definition) is 6. The van der Waals surface area contributed by atoms with Crippen molar-refractivity contribution >= 4 is 23.3 Å². The maximum atomic E-state index is 9.25. The van der Waals surface area contributed by atoms with Crippen LogP contribution in [0.5, 0.6) is 0 Å². The average Bonchev–Trinajstić information content (AvgIpc) is 2.86. The summed E-state index contributed by atoms with van der Waals surface area (Å²) in [5.41, 5.74) is -0.351. The van der Waals surface area contributed by atoms with Crippen LogP contribution in [0.1, 0.15) is 33.1 Å². The molecule has 0 saturated carbocycles. The number of hydrogen-bond donors (Lipinski definition) is 1. The molecule has 1 heterocycles. The van der Waals surface area contributed by atoms with Crippen molar-refractivity contribution < 1.29 is 0 Å². The molecule has 0 radical (unpaired) electrons. The van der Waals surface area contributed by atoms with Crippen LogP contribution in [-0.2, 0) is 0 Å². The molecular formula is C11H18N4S2. The van der Waals surface area contributed by atoms with Crippen LogP contribution in [0.4, 0.5) is 0 Å². The van der Waals surface area contributed by atoms with Gasteiger partial charge in [0.1, 0.15) is 11.9 Å². The topological polar surface area (TPSA) is 61.6 Å². The van der Waals surface area contributed by atoms with E-state index in [1.54, 1.807) is 18.1 Å². The zero-order valence-electron chi connectivity index (χ0n) is 10.3. The van der Waals surface area contributed by atoms with Crippen LogP contribution >= 0.6 is 23.3 Å². The molecule has 17 heavy (non-hydrogen) atoms. The van der Waals surface area contributed by atoms with E-state index in [9.17, 15) is 5.26 Å². The largest absolute Gasteiger partial charge is 0.300 e. The Morgan fingerprint density at radius 3 is 2.94 bits per heavy atom. The molecule has 0 aliphatic rings. The summed E-state index contributed by atoms with van der Waals surface area (Å²) >= 11 is 3.14. The summed E-state index contributed by atoms with van der Waals surface area (Å²) in [6.07, 6.45) is 4.33. The normalized spacial score (nSPS) is 14.2. The average molecular weight is 270 g/mol. The molecular weight excluding hydrogens is 252 g/mol. The van der Waals surface area contributed by atoms with E-state index >= 15 is 0 Å². The highest BCUT2D eigenvalue weighted by Crippen LogP contribution is 2.23. The van der Waals surface area contributed by atoms with E-state index in [4.69, 9.17) is 0 Å². The van der Waals surface area contributed by atoms with Crippen LogP contribution < -0.4 is 5.32 Å². The molecule has 1 rings (SSSR count). The van der Waals surface area contributed by atoms with Crippen molar-refractivity contribution in [2.75, 3.05) is 12.3 Å². The van der Waals surface area contributed by atoms with E-state index in [-0.39, 0.29) is 5.54 Å². The Kier molecular flexibility index (Phi) is 6.48. The molecule has 1 aromatic rings. The van der Waals surface area contributed by atoms with E-state index in [0.29, 0.717) is 0 Å². The lowest BCUT2D eigenvalue weighted by molar-refractivity contribution is 0.379. The van der Waals surface area contributed by atoms with Crippen molar-refractivity contribution in [3.8, 4) is 6.07 Å². The fourth-order valence-electron chi connectivity index (χ4n) is 1.66. The zero-order chi connectivity index (χ0) is 12.6. The predicted molar refractivity (Wildman–Crippen MR) is 72.2 cm³/mol.